The van der Waals surface area contributed by atoms with E-state index in [1.54, 1.807) is 18.2 Å². The predicted molar refractivity (Wildman–Crippen MR) is 103 cm³/mol. The summed E-state index contributed by atoms with van der Waals surface area (Å²) in [5.41, 5.74) is 0.939. The number of hydrogen-bond acceptors (Lipinski definition) is 4. The zero-order valence-electron chi connectivity index (χ0n) is 13.8. The van der Waals surface area contributed by atoms with Gasteiger partial charge in [0.05, 0.1) is 21.8 Å². The topological polar surface area (TPSA) is 90.3 Å². The minimum Gasteiger partial charge on any atom is -0.323 e. The first-order valence-corrected chi connectivity index (χ1v) is 9.77. The fraction of sp³-hybridized carbons (Fsp3) is 0.0526. The summed E-state index contributed by atoms with van der Waals surface area (Å²) >= 11 is 5.92. The molecule has 0 atom stereocenters. The van der Waals surface area contributed by atoms with Gasteiger partial charge in [-0.2, -0.15) is 5.26 Å². The molecule has 1 amide bonds. The van der Waals surface area contributed by atoms with Crippen molar-refractivity contribution in [3.8, 4) is 6.07 Å². The van der Waals surface area contributed by atoms with Crippen LogP contribution < -0.4 is 9.62 Å². The molecule has 0 saturated heterocycles. The largest absolute Gasteiger partial charge is 0.323 e. The van der Waals surface area contributed by atoms with Gasteiger partial charge >= 0.3 is 0 Å². The molecule has 3 aromatic rings. The van der Waals surface area contributed by atoms with E-state index in [0.717, 1.165) is 9.69 Å². The van der Waals surface area contributed by atoms with Gasteiger partial charge in [0, 0.05) is 10.4 Å². The van der Waals surface area contributed by atoms with Crippen molar-refractivity contribution >= 4 is 49.7 Å². The number of rotatable bonds is 3. The molecule has 0 fully saturated rings. The summed E-state index contributed by atoms with van der Waals surface area (Å²) in [5.74, 6) is -0.567. The van der Waals surface area contributed by atoms with Gasteiger partial charge < -0.3 is 5.32 Å². The second-order valence-corrected chi connectivity index (χ2v) is 8.26. The third-order valence-electron chi connectivity index (χ3n) is 4.34. The molecule has 1 aliphatic rings. The van der Waals surface area contributed by atoms with E-state index in [1.807, 2.05) is 18.2 Å². The molecular formula is C19H12ClN3O3S. The van der Waals surface area contributed by atoms with Gasteiger partial charge in [-0.1, -0.05) is 35.9 Å². The Hall–Kier alpha value is -3.08. The minimum absolute atomic E-state index is 0.184. The molecular weight excluding hydrogens is 386 g/mol. The number of carbonyl (C=O) groups excluding carboxylic acids is 1. The number of nitriles is 1. The number of nitrogens with one attached hydrogen (secondary N) is 1. The van der Waals surface area contributed by atoms with Crippen molar-refractivity contribution in [3.05, 3.63) is 65.2 Å². The average Bonchev–Trinajstić information content (AvgIpc) is 2.85. The Kier molecular flexibility index (Phi) is 4.02. The standard InChI is InChI=1S/C19H12ClN3O3S/c20-14-8-7-13(10-21)15(9-14)22-18(24)11-23-16-5-1-3-12-4-2-6-17(19(12)16)27(23,25)26/h1-9H,11H2,(H,22,24). The van der Waals surface area contributed by atoms with Gasteiger partial charge in [-0.15, -0.1) is 0 Å². The maximum Gasteiger partial charge on any atom is 0.265 e. The van der Waals surface area contributed by atoms with Crippen molar-refractivity contribution in [1.82, 2.24) is 0 Å². The van der Waals surface area contributed by atoms with Crippen molar-refractivity contribution in [2.45, 2.75) is 4.90 Å². The lowest BCUT2D eigenvalue weighted by molar-refractivity contribution is -0.114. The van der Waals surface area contributed by atoms with Crippen LogP contribution in [0.25, 0.3) is 10.8 Å². The monoisotopic (exact) mass is 397 g/mol. The van der Waals surface area contributed by atoms with E-state index in [1.165, 1.54) is 24.3 Å². The maximum absolute atomic E-state index is 12.9. The maximum atomic E-state index is 12.9. The number of hydrogen-bond donors (Lipinski definition) is 1. The second kappa shape index (κ2) is 6.27. The zero-order chi connectivity index (χ0) is 19.2. The quantitative estimate of drug-likeness (QED) is 0.732. The molecule has 4 rings (SSSR count). The van der Waals surface area contributed by atoms with Crippen LogP contribution in [-0.4, -0.2) is 20.9 Å². The van der Waals surface area contributed by atoms with E-state index in [9.17, 15) is 13.2 Å². The molecule has 1 heterocycles. The number of nitrogens with zero attached hydrogens (tertiary/aromatic N) is 2. The molecule has 6 nitrogen and oxygen atoms in total. The molecule has 3 aromatic carbocycles. The van der Waals surface area contributed by atoms with Crippen LogP contribution in [0.15, 0.2) is 59.5 Å². The Bertz CT molecular complexity index is 1240. The van der Waals surface area contributed by atoms with Gasteiger partial charge in [-0.3, -0.25) is 9.10 Å². The Morgan fingerprint density at radius 2 is 1.89 bits per heavy atom. The summed E-state index contributed by atoms with van der Waals surface area (Å²) in [6.07, 6.45) is 0. The number of amides is 1. The molecule has 0 bridgehead atoms. The van der Waals surface area contributed by atoms with Crippen molar-refractivity contribution in [2.75, 3.05) is 16.2 Å². The number of anilines is 2. The van der Waals surface area contributed by atoms with Crippen LogP contribution in [0.3, 0.4) is 0 Å². The summed E-state index contributed by atoms with van der Waals surface area (Å²) in [6, 6.07) is 16.7. The normalized spacial score (nSPS) is 14.1. The molecule has 27 heavy (non-hydrogen) atoms. The summed E-state index contributed by atoms with van der Waals surface area (Å²) in [4.78, 5) is 12.7. The van der Waals surface area contributed by atoms with E-state index in [-0.39, 0.29) is 16.1 Å². The van der Waals surface area contributed by atoms with E-state index in [2.05, 4.69) is 5.32 Å². The van der Waals surface area contributed by atoms with Crippen LogP contribution in [0.5, 0.6) is 0 Å². The Balaban J connectivity index is 1.68. The summed E-state index contributed by atoms with van der Waals surface area (Å²) in [6.45, 7) is -0.409. The smallest absolute Gasteiger partial charge is 0.265 e. The summed E-state index contributed by atoms with van der Waals surface area (Å²) < 4.78 is 26.9. The van der Waals surface area contributed by atoms with Crippen molar-refractivity contribution in [1.29, 1.82) is 5.26 Å². The highest BCUT2D eigenvalue weighted by molar-refractivity contribution is 7.93. The van der Waals surface area contributed by atoms with Crippen LogP contribution in [0.1, 0.15) is 5.56 Å². The van der Waals surface area contributed by atoms with Crippen LogP contribution >= 0.6 is 11.6 Å². The highest BCUT2D eigenvalue weighted by Gasteiger charge is 2.36. The van der Waals surface area contributed by atoms with Crippen LogP contribution in [-0.2, 0) is 14.8 Å². The van der Waals surface area contributed by atoms with E-state index in [0.29, 0.717) is 16.1 Å². The third-order valence-corrected chi connectivity index (χ3v) is 6.38. The average molecular weight is 398 g/mol. The number of benzene rings is 3. The fourth-order valence-electron chi connectivity index (χ4n) is 3.17. The second-order valence-electron chi connectivity index (χ2n) is 5.99. The molecule has 8 heteroatoms. The Morgan fingerprint density at radius 3 is 2.63 bits per heavy atom. The van der Waals surface area contributed by atoms with Gasteiger partial charge in [0.2, 0.25) is 5.91 Å². The third kappa shape index (κ3) is 2.79. The lowest BCUT2D eigenvalue weighted by Crippen LogP contribution is -2.35. The van der Waals surface area contributed by atoms with Crippen molar-refractivity contribution in [3.63, 3.8) is 0 Å². The van der Waals surface area contributed by atoms with Crippen molar-refractivity contribution < 1.29 is 13.2 Å². The van der Waals surface area contributed by atoms with Gasteiger partial charge in [0.15, 0.2) is 0 Å². The van der Waals surface area contributed by atoms with Crippen LogP contribution in [0.4, 0.5) is 11.4 Å². The highest BCUT2D eigenvalue weighted by atomic mass is 35.5. The summed E-state index contributed by atoms with van der Waals surface area (Å²) in [7, 11) is -3.83. The first-order valence-electron chi connectivity index (χ1n) is 7.96. The number of sulfonamides is 1. The Labute approximate surface area is 160 Å². The van der Waals surface area contributed by atoms with E-state index in [4.69, 9.17) is 16.9 Å². The molecule has 134 valence electrons. The van der Waals surface area contributed by atoms with Gasteiger partial charge in [-0.05, 0) is 35.7 Å². The van der Waals surface area contributed by atoms with Crippen LogP contribution in [0.2, 0.25) is 5.02 Å². The van der Waals surface area contributed by atoms with Gasteiger partial charge in [0.25, 0.3) is 10.0 Å². The highest BCUT2D eigenvalue weighted by Crippen LogP contribution is 2.41. The minimum atomic E-state index is -3.83. The fourth-order valence-corrected chi connectivity index (χ4v) is 5.00. The Morgan fingerprint density at radius 1 is 1.15 bits per heavy atom. The molecule has 0 saturated carbocycles. The number of halogens is 1. The van der Waals surface area contributed by atoms with Crippen LogP contribution in [0, 0.1) is 11.3 Å². The molecule has 0 spiro atoms. The van der Waals surface area contributed by atoms with Gasteiger partial charge in [0.1, 0.15) is 12.6 Å². The van der Waals surface area contributed by atoms with E-state index < -0.39 is 22.5 Å². The molecule has 0 aliphatic carbocycles. The lowest BCUT2D eigenvalue weighted by Gasteiger charge is -2.18. The zero-order valence-corrected chi connectivity index (χ0v) is 15.4. The molecule has 0 radical (unpaired) electrons. The predicted octanol–water partition coefficient (Wildman–Crippen LogP) is 3.51. The first kappa shape index (κ1) is 17.3. The first-order chi connectivity index (χ1) is 12.9. The molecule has 1 N–H and O–H groups in total. The van der Waals surface area contributed by atoms with Crippen molar-refractivity contribution in [2.24, 2.45) is 0 Å². The summed E-state index contributed by atoms with van der Waals surface area (Å²) in [5, 5.41) is 13.5. The lowest BCUT2D eigenvalue weighted by atomic mass is 10.1. The molecule has 0 unspecified atom stereocenters. The van der Waals surface area contributed by atoms with E-state index >= 15 is 0 Å². The SMILES string of the molecule is N#Cc1ccc(Cl)cc1NC(=O)CN1c2cccc3cccc(c23)S1(=O)=O. The number of carbonyl (C=O) groups is 1. The van der Waals surface area contributed by atoms with Gasteiger partial charge in [-0.25, -0.2) is 8.42 Å². The molecule has 1 aliphatic heterocycles. The molecule has 0 aromatic heterocycles.